The van der Waals surface area contributed by atoms with Crippen molar-refractivity contribution in [2.75, 3.05) is 0 Å². The third-order valence-electron chi connectivity index (χ3n) is 6.25. The Morgan fingerprint density at radius 2 is 2.11 bits per heavy atom. The van der Waals surface area contributed by atoms with Crippen LogP contribution in [0.3, 0.4) is 0 Å². The molecule has 0 radical (unpaired) electrons. The summed E-state index contributed by atoms with van der Waals surface area (Å²) in [6, 6.07) is 0.316. The largest absolute Gasteiger partial charge is 0.349 e. The first-order valence-electron chi connectivity index (χ1n) is 10.5. The highest BCUT2D eigenvalue weighted by Gasteiger charge is 2.28. The lowest BCUT2D eigenvalue weighted by Gasteiger charge is -2.23. The monoisotopic (exact) mass is 398 g/mol. The van der Waals surface area contributed by atoms with Crippen LogP contribution in [0.15, 0.2) is 11.2 Å². The molecule has 0 saturated heterocycles. The number of amides is 1. The summed E-state index contributed by atoms with van der Waals surface area (Å²) in [6.07, 6.45) is 12.8. The Morgan fingerprint density at radius 1 is 1.32 bits per heavy atom. The van der Waals surface area contributed by atoms with E-state index in [1.807, 2.05) is 31.1 Å². The van der Waals surface area contributed by atoms with Crippen molar-refractivity contribution in [3.63, 3.8) is 0 Å². The van der Waals surface area contributed by atoms with Crippen LogP contribution in [0.2, 0.25) is 0 Å². The average Bonchev–Trinajstić information content (AvgIpc) is 3.20. The number of aromatic nitrogens is 2. The van der Waals surface area contributed by atoms with E-state index in [2.05, 4.69) is 17.3 Å². The fraction of sp³-hybridized carbons (Fsp3) is 0.591. The minimum absolute atomic E-state index is 0.0778. The third-order valence-corrected chi connectivity index (χ3v) is 7.42. The van der Waals surface area contributed by atoms with E-state index in [0.717, 1.165) is 53.9 Å². The molecule has 0 aromatic carbocycles. The van der Waals surface area contributed by atoms with Gasteiger partial charge in [-0.05, 0) is 50.5 Å². The second-order valence-electron chi connectivity index (χ2n) is 8.41. The van der Waals surface area contributed by atoms with Crippen LogP contribution >= 0.6 is 11.3 Å². The Balaban J connectivity index is 1.64. The summed E-state index contributed by atoms with van der Waals surface area (Å²) in [5, 5.41) is 8.46. The van der Waals surface area contributed by atoms with Gasteiger partial charge in [-0.1, -0.05) is 26.2 Å². The number of hydrogen-bond donors (Lipinski definition) is 1. The fourth-order valence-electron chi connectivity index (χ4n) is 4.34. The quantitative estimate of drug-likeness (QED) is 0.757. The Hall–Kier alpha value is -1.95. The molecule has 2 aromatic heterocycles. The highest BCUT2D eigenvalue weighted by atomic mass is 32.1. The smallest absolute Gasteiger partial charge is 0.254 e. The van der Waals surface area contributed by atoms with Crippen LogP contribution in [0.1, 0.15) is 77.5 Å². The number of fused-ring (bicyclic) bond motifs is 1. The first-order chi connectivity index (χ1) is 13.5. The van der Waals surface area contributed by atoms with Gasteiger partial charge in [0.05, 0.1) is 11.8 Å². The van der Waals surface area contributed by atoms with Gasteiger partial charge in [0.2, 0.25) is 0 Å². The zero-order chi connectivity index (χ0) is 19.7. The van der Waals surface area contributed by atoms with Crippen LogP contribution in [0, 0.1) is 12.8 Å². The predicted molar refractivity (Wildman–Crippen MR) is 115 cm³/mol. The van der Waals surface area contributed by atoms with Crippen LogP contribution in [0.4, 0.5) is 5.00 Å². The fourth-order valence-corrected chi connectivity index (χ4v) is 5.69. The summed E-state index contributed by atoms with van der Waals surface area (Å²) >= 11 is 1.70. The van der Waals surface area contributed by atoms with E-state index >= 15 is 0 Å². The zero-order valence-electron chi connectivity index (χ0n) is 17.1. The highest BCUT2D eigenvalue weighted by molar-refractivity contribution is 7.16. The molecule has 2 aromatic rings. The van der Waals surface area contributed by atoms with Crippen molar-refractivity contribution < 1.29 is 4.79 Å². The summed E-state index contributed by atoms with van der Waals surface area (Å²) in [5.74, 6) is 0.756. The number of nitrogens with zero attached hydrogens (tertiary/aromatic N) is 3. The summed E-state index contributed by atoms with van der Waals surface area (Å²) in [5.41, 5.74) is 4.15. The van der Waals surface area contributed by atoms with Crippen LogP contribution in [0.25, 0.3) is 0 Å². The van der Waals surface area contributed by atoms with E-state index in [0.29, 0.717) is 12.0 Å². The van der Waals surface area contributed by atoms with Crippen molar-refractivity contribution in [2.45, 2.75) is 71.3 Å². The Bertz CT molecular complexity index is 889. The molecule has 4 rings (SSSR count). The zero-order valence-corrected chi connectivity index (χ0v) is 17.9. The molecular formula is C22H30N4OS. The molecule has 0 spiro atoms. The number of hydrogen-bond acceptors (Lipinski definition) is 4. The molecule has 150 valence electrons. The number of carbonyl (C=O) groups is 1. The Morgan fingerprint density at radius 3 is 2.82 bits per heavy atom. The Labute approximate surface area is 171 Å². The molecule has 1 fully saturated rings. The van der Waals surface area contributed by atoms with Crippen molar-refractivity contribution in [2.24, 2.45) is 18.0 Å². The Kier molecular flexibility index (Phi) is 5.67. The number of aliphatic imine (C=N–C) groups is 1. The molecule has 1 amide bonds. The topological polar surface area (TPSA) is 59.3 Å². The minimum atomic E-state index is 0.0778. The molecule has 0 aliphatic heterocycles. The van der Waals surface area contributed by atoms with E-state index in [4.69, 9.17) is 4.99 Å². The molecule has 0 bridgehead atoms. The lowest BCUT2D eigenvalue weighted by Crippen LogP contribution is -2.36. The molecule has 6 heteroatoms. The predicted octanol–water partition coefficient (Wildman–Crippen LogP) is 4.73. The summed E-state index contributed by atoms with van der Waals surface area (Å²) in [4.78, 5) is 19.4. The number of rotatable bonds is 4. The van der Waals surface area contributed by atoms with Crippen molar-refractivity contribution >= 4 is 28.5 Å². The van der Waals surface area contributed by atoms with Gasteiger partial charge >= 0.3 is 0 Å². The first kappa shape index (κ1) is 19.4. The van der Waals surface area contributed by atoms with E-state index in [9.17, 15) is 4.79 Å². The van der Waals surface area contributed by atoms with E-state index in [1.165, 1.54) is 29.7 Å². The lowest BCUT2D eigenvalue weighted by molar-refractivity contribution is 0.0927. The molecule has 1 unspecified atom stereocenters. The maximum Gasteiger partial charge on any atom is 0.254 e. The first-order valence-corrected chi connectivity index (χ1v) is 11.3. The molecule has 28 heavy (non-hydrogen) atoms. The number of thiophene rings is 1. The van der Waals surface area contributed by atoms with Gasteiger partial charge in [0.15, 0.2) is 0 Å². The van der Waals surface area contributed by atoms with Gasteiger partial charge in [-0.15, -0.1) is 11.3 Å². The average molecular weight is 399 g/mol. The van der Waals surface area contributed by atoms with Crippen LogP contribution in [0.5, 0.6) is 0 Å². The van der Waals surface area contributed by atoms with Crippen LogP contribution < -0.4 is 5.32 Å². The van der Waals surface area contributed by atoms with Gasteiger partial charge in [-0.3, -0.25) is 9.48 Å². The normalized spacial score (nSPS) is 20.5. The molecular weight excluding hydrogens is 368 g/mol. The molecule has 1 atom stereocenters. The molecule has 2 aliphatic carbocycles. The summed E-state index contributed by atoms with van der Waals surface area (Å²) < 4.78 is 1.85. The summed E-state index contributed by atoms with van der Waals surface area (Å²) in [7, 11) is 1.93. The number of carbonyl (C=O) groups excluding carboxylic acids is 1. The van der Waals surface area contributed by atoms with Gasteiger partial charge in [-0.25, -0.2) is 4.99 Å². The second kappa shape index (κ2) is 8.19. The van der Waals surface area contributed by atoms with Gasteiger partial charge in [-0.2, -0.15) is 5.10 Å². The third kappa shape index (κ3) is 3.93. The molecule has 1 N–H and O–H groups in total. The standard InChI is InChI=1S/C22H30N4OS/c1-14-9-10-18-19(11-14)28-22(23-12-16-13-24-26(3)15(16)2)20(18)21(27)25-17-7-5-4-6-8-17/h12-14,17H,4-11H2,1-3H3,(H,25,27)/b23-12+. The van der Waals surface area contributed by atoms with Gasteiger partial charge in [0.1, 0.15) is 5.00 Å². The van der Waals surface area contributed by atoms with E-state index in [1.54, 1.807) is 11.3 Å². The SMILES string of the molecule is Cc1c(/C=N/c2sc3c(c2C(=O)NC2CCCCC2)CCC(C)C3)cnn1C. The molecule has 2 aliphatic rings. The van der Waals surface area contributed by atoms with Gasteiger partial charge in [0, 0.05) is 35.4 Å². The van der Waals surface area contributed by atoms with Crippen molar-refractivity contribution in [1.82, 2.24) is 15.1 Å². The highest BCUT2D eigenvalue weighted by Crippen LogP contribution is 2.41. The number of nitrogens with one attached hydrogen (secondary N) is 1. The van der Waals surface area contributed by atoms with Gasteiger partial charge in [0.25, 0.3) is 5.91 Å². The lowest BCUT2D eigenvalue weighted by atomic mass is 9.88. The van der Waals surface area contributed by atoms with Crippen LogP contribution in [-0.4, -0.2) is 27.9 Å². The number of aryl methyl sites for hydroxylation is 1. The van der Waals surface area contributed by atoms with Crippen molar-refractivity contribution in [3.05, 3.63) is 33.5 Å². The summed E-state index contributed by atoms with van der Waals surface area (Å²) in [6.45, 7) is 4.33. The second-order valence-corrected chi connectivity index (χ2v) is 9.49. The maximum absolute atomic E-state index is 13.2. The van der Waals surface area contributed by atoms with E-state index < -0.39 is 0 Å². The van der Waals surface area contributed by atoms with E-state index in [-0.39, 0.29) is 5.91 Å². The molecule has 5 nitrogen and oxygen atoms in total. The molecule has 1 saturated carbocycles. The maximum atomic E-state index is 13.2. The van der Waals surface area contributed by atoms with Crippen molar-refractivity contribution in [1.29, 1.82) is 0 Å². The van der Waals surface area contributed by atoms with Crippen LogP contribution in [-0.2, 0) is 19.9 Å². The van der Waals surface area contributed by atoms with Crippen molar-refractivity contribution in [3.8, 4) is 0 Å². The van der Waals surface area contributed by atoms with Gasteiger partial charge < -0.3 is 5.32 Å². The molecule has 2 heterocycles. The minimum Gasteiger partial charge on any atom is -0.349 e.